The molecule has 0 aliphatic carbocycles. The highest BCUT2D eigenvalue weighted by atomic mass is 32.2. The molecule has 0 fully saturated rings. The van der Waals surface area contributed by atoms with Crippen molar-refractivity contribution in [3.8, 4) is 0 Å². The molecule has 0 saturated carbocycles. The lowest BCUT2D eigenvalue weighted by Gasteiger charge is -2.26. The Labute approximate surface area is 194 Å². The van der Waals surface area contributed by atoms with Gasteiger partial charge < -0.3 is 9.88 Å². The maximum Gasteiger partial charge on any atom is 0.253 e. The van der Waals surface area contributed by atoms with Crippen molar-refractivity contribution in [2.75, 3.05) is 5.32 Å². The van der Waals surface area contributed by atoms with Gasteiger partial charge in [0.1, 0.15) is 11.7 Å². The Hall–Kier alpha value is -3.03. The zero-order chi connectivity index (χ0) is 22.2. The summed E-state index contributed by atoms with van der Waals surface area (Å²) in [4.78, 5) is 14.3. The van der Waals surface area contributed by atoms with E-state index in [4.69, 9.17) is 5.41 Å². The number of hydrogen-bond donors (Lipinski definition) is 2. The second kappa shape index (κ2) is 8.48. The summed E-state index contributed by atoms with van der Waals surface area (Å²) >= 11 is 3.18. The molecular weight excluding hydrogens is 441 g/mol. The molecule has 0 bridgehead atoms. The monoisotopic (exact) mass is 461 g/mol. The van der Waals surface area contributed by atoms with Gasteiger partial charge in [-0.2, -0.15) is 0 Å². The Bertz CT molecular complexity index is 1280. The number of benzene rings is 2. The second-order valence-corrected chi connectivity index (χ2v) is 10.1. The minimum Gasteiger partial charge on any atom is -0.322 e. The van der Waals surface area contributed by atoms with E-state index >= 15 is 0 Å². The third kappa shape index (κ3) is 3.72. The van der Waals surface area contributed by atoms with Gasteiger partial charge in [0.05, 0.1) is 10.2 Å². The first-order valence-electron chi connectivity index (χ1n) is 10.2. The highest BCUT2D eigenvalue weighted by molar-refractivity contribution is 8.23. The van der Waals surface area contributed by atoms with Crippen LogP contribution in [-0.4, -0.2) is 16.3 Å². The van der Waals surface area contributed by atoms with Gasteiger partial charge in [-0.3, -0.25) is 10.2 Å². The number of nitrogens with one attached hydrogen (secondary N) is 2. The number of anilines is 1. The first-order valence-corrected chi connectivity index (χ1v) is 12.0. The average Bonchev–Trinajstić information content (AvgIpc) is 3.37. The smallest absolute Gasteiger partial charge is 0.253 e. The Balaban J connectivity index is 1.49. The molecule has 0 radical (unpaired) electrons. The van der Waals surface area contributed by atoms with E-state index in [1.165, 1.54) is 12.1 Å². The predicted octanol–water partition coefficient (Wildman–Crippen LogP) is 6.35. The number of halogens is 1. The van der Waals surface area contributed by atoms with Crippen LogP contribution in [0, 0.1) is 11.2 Å². The molecule has 4 nitrogen and oxygen atoms in total. The first-order chi connectivity index (χ1) is 15.5. The minimum atomic E-state index is -0.279. The zero-order valence-corrected chi connectivity index (χ0v) is 18.9. The molecule has 2 N–H and O–H groups in total. The van der Waals surface area contributed by atoms with Crippen molar-refractivity contribution in [1.82, 2.24) is 4.57 Å². The molecular formula is C25H20FN3OS2. The fraction of sp³-hybridized carbons (Fsp3) is 0.120. The highest BCUT2D eigenvalue weighted by Gasteiger charge is 2.42. The minimum absolute atomic E-state index is 0.145. The van der Waals surface area contributed by atoms with E-state index in [-0.39, 0.29) is 17.6 Å². The molecule has 1 unspecified atom stereocenters. The third-order valence-electron chi connectivity index (χ3n) is 5.55. The molecule has 1 atom stereocenters. The van der Waals surface area contributed by atoms with Gasteiger partial charge in [0.25, 0.3) is 5.91 Å². The van der Waals surface area contributed by atoms with Gasteiger partial charge >= 0.3 is 0 Å². The summed E-state index contributed by atoms with van der Waals surface area (Å²) < 4.78 is 16.1. The lowest BCUT2D eigenvalue weighted by Crippen LogP contribution is -2.23. The largest absolute Gasteiger partial charge is 0.322 e. The third-order valence-corrected chi connectivity index (χ3v) is 8.05. The van der Waals surface area contributed by atoms with Crippen molar-refractivity contribution in [3.05, 3.63) is 110 Å². The van der Waals surface area contributed by atoms with E-state index in [1.54, 1.807) is 35.7 Å². The van der Waals surface area contributed by atoms with Crippen LogP contribution in [0.4, 0.5) is 10.1 Å². The standard InChI is InChI=1S/C25H20FN3OS2/c1-15-20(24(30)28-18-6-3-2-4-7-18)21-19-8-5-13-29(19)23(27)22(21)25(32-15)31-14-16-9-11-17(26)12-10-16/h2-13,21,27H,14H2,1H3,(H,28,30). The van der Waals surface area contributed by atoms with Crippen molar-refractivity contribution in [1.29, 1.82) is 5.41 Å². The van der Waals surface area contributed by atoms with E-state index in [0.717, 1.165) is 31.7 Å². The van der Waals surface area contributed by atoms with Gasteiger partial charge in [0.15, 0.2) is 0 Å². The number of para-hydroxylation sites is 1. The van der Waals surface area contributed by atoms with Crippen LogP contribution in [0.2, 0.25) is 0 Å². The summed E-state index contributed by atoms with van der Waals surface area (Å²) in [7, 11) is 0. The summed E-state index contributed by atoms with van der Waals surface area (Å²) in [6.45, 7) is 1.97. The van der Waals surface area contributed by atoms with E-state index in [1.807, 2.05) is 60.2 Å². The fourth-order valence-corrected chi connectivity index (χ4v) is 6.62. The summed E-state index contributed by atoms with van der Waals surface area (Å²) in [6.07, 6.45) is 1.87. The lowest BCUT2D eigenvalue weighted by molar-refractivity contribution is -0.113. The van der Waals surface area contributed by atoms with Crippen LogP contribution in [0.3, 0.4) is 0 Å². The lowest BCUT2D eigenvalue weighted by atomic mass is 9.89. The topological polar surface area (TPSA) is 57.9 Å². The number of aromatic nitrogens is 1. The van der Waals surface area contributed by atoms with Crippen LogP contribution in [0.5, 0.6) is 0 Å². The molecule has 0 spiro atoms. The van der Waals surface area contributed by atoms with Crippen LogP contribution in [0.1, 0.15) is 24.1 Å². The number of nitrogens with zero attached hydrogens (tertiary/aromatic N) is 1. The van der Waals surface area contributed by atoms with Crippen LogP contribution in [0.25, 0.3) is 0 Å². The Kier molecular flexibility index (Phi) is 5.53. The van der Waals surface area contributed by atoms with Gasteiger partial charge in [-0.05, 0) is 53.8 Å². The average molecular weight is 462 g/mol. The normalized spacial score (nSPS) is 17.4. The van der Waals surface area contributed by atoms with Crippen molar-refractivity contribution in [2.24, 2.45) is 0 Å². The summed E-state index contributed by atoms with van der Waals surface area (Å²) in [6, 6.07) is 19.8. The molecule has 5 rings (SSSR count). The Morgan fingerprint density at radius 3 is 2.62 bits per heavy atom. The number of hydrogen-bond acceptors (Lipinski definition) is 4. The van der Waals surface area contributed by atoms with Crippen molar-refractivity contribution >= 4 is 41.0 Å². The number of carbonyl (C=O) groups is 1. The van der Waals surface area contributed by atoms with Gasteiger partial charge in [-0.15, -0.1) is 11.8 Å². The second-order valence-electron chi connectivity index (χ2n) is 7.59. The van der Waals surface area contributed by atoms with Gasteiger partial charge in [0, 0.05) is 34.5 Å². The molecule has 2 aromatic carbocycles. The molecule has 7 heteroatoms. The SMILES string of the molecule is CC1=C(C(=O)Nc2ccccc2)C2C(=C(SCc3ccc(F)cc3)S1)C(=N)n1cccc12. The quantitative estimate of drug-likeness (QED) is 0.465. The number of thioether (sulfide) groups is 2. The fourth-order valence-electron chi connectivity index (χ4n) is 4.05. The van der Waals surface area contributed by atoms with Crippen molar-refractivity contribution in [2.45, 2.75) is 18.6 Å². The molecule has 32 heavy (non-hydrogen) atoms. The van der Waals surface area contributed by atoms with Crippen LogP contribution < -0.4 is 5.32 Å². The summed E-state index contributed by atoms with van der Waals surface area (Å²) in [5, 5.41) is 11.8. The van der Waals surface area contributed by atoms with Crippen LogP contribution >= 0.6 is 23.5 Å². The summed E-state index contributed by atoms with van der Waals surface area (Å²) in [5.74, 6) is 0.394. The Morgan fingerprint density at radius 1 is 1.12 bits per heavy atom. The van der Waals surface area contributed by atoms with Crippen LogP contribution in [0.15, 0.2) is 93.2 Å². The number of carbonyl (C=O) groups excluding carboxylic acids is 1. The molecule has 2 aliphatic rings. The van der Waals surface area contributed by atoms with E-state index in [9.17, 15) is 9.18 Å². The van der Waals surface area contributed by atoms with Crippen molar-refractivity contribution in [3.63, 3.8) is 0 Å². The van der Waals surface area contributed by atoms with Gasteiger partial charge in [-0.25, -0.2) is 4.39 Å². The maximum absolute atomic E-state index is 13.3. The van der Waals surface area contributed by atoms with E-state index in [0.29, 0.717) is 17.2 Å². The number of fused-ring (bicyclic) bond motifs is 3. The predicted molar refractivity (Wildman–Crippen MR) is 130 cm³/mol. The van der Waals surface area contributed by atoms with Gasteiger partial charge in [-0.1, -0.05) is 42.1 Å². The first kappa shape index (κ1) is 20.8. The molecule has 1 amide bonds. The molecule has 3 aromatic rings. The molecule has 160 valence electrons. The van der Waals surface area contributed by atoms with Crippen LogP contribution in [-0.2, 0) is 10.5 Å². The van der Waals surface area contributed by atoms with Gasteiger partial charge in [0.2, 0.25) is 0 Å². The molecule has 1 aromatic heterocycles. The highest BCUT2D eigenvalue weighted by Crippen LogP contribution is 2.54. The number of allylic oxidation sites excluding steroid dienone is 2. The Morgan fingerprint density at radius 2 is 1.88 bits per heavy atom. The zero-order valence-electron chi connectivity index (χ0n) is 17.3. The van der Waals surface area contributed by atoms with Crippen molar-refractivity contribution < 1.29 is 9.18 Å². The molecule has 2 aliphatic heterocycles. The maximum atomic E-state index is 13.3. The molecule has 3 heterocycles. The number of rotatable bonds is 5. The van der Waals surface area contributed by atoms with E-state index < -0.39 is 0 Å². The summed E-state index contributed by atoms with van der Waals surface area (Å²) in [5.41, 5.74) is 4.24. The molecule has 0 saturated heterocycles. The number of amides is 1. The van der Waals surface area contributed by atoms with E-state index in [2.05, 4.69) is 5.32 Å².